The number of nitrogens with one attached hydrogen (secondary N) is 1. The number of benzene rings is 1. The molecular weight excluding hydrogens is 352 g/mol. The van der Waals surface area contributed by atoms with Crippen molar-refractivity contribution in [1.29, 1.82) is 0 Å². The van der Waals surface area contributed by atoms with Gasteiger partial charge in [-0.05, 0) is 57.4 Å². The predicted molar refractivity (Wildman–Crippen MR) is 108 cm³/mol. The van der Waals surface area contributed by atoms with E-state index >= 15 is 0 Å². The van der Waals surface area contributed by atoms with Crippen LogP contribution < -0.4 is 5.32 Å². The second kappa shape index (κ2) is 8.17. The fourth-order valence-corrected chi connectivity index (χ4v) is 4.04. The highest BCUT2D eigenvalue weighted by atomic mass is 16.3. The first-order chi connectivity index (χ1) is 13.6. The zero-order valence-electron chi connectivity index (χ0n) is 16.7. The second-order valence-electron chi connectivity index (χ2n) is 7.83. The van der Waals surface area contributed by atoms with Gasteiger partial charge in [-0.3, -0.25) is 9.48 Å². The summed E-state index contributed by atoms with van der Waals surface area (Å²) in [5.41, 5.74) is 4.32. The molecule has 6 nitrogen and oxygen atoms in total. The molecule has 3 aromatic rings. The van der Waals surface area contributed by atoms with Crippen molar-refractivity contribution in [3.05, 3.63) is 47.1 Å². The zero-order chi connectivity index (χ0) is 19.5. The first-order valence-electron chi connectivity index (χ1n) is 10.3. The number of rotatable bonds is 6. The lowest BCUT2D eigenvalue weighted by Gasteiger charge is -2.17. The summed E-state index contributed by atoms with van der Waals surface area (Å²) in [6.07, 6.45) is 6.93. The Kier molecular flexibility index (Phi) is 5.46. The van der Waals surface area contributed by atoms with Gasteiger partial charge in [0.1, 0.15) is 5.52 Å². The molecule has 1 amide bonds. The van der Waals surface area contributed by atoms with Crippen LogP contribution >= 0.6 is 0 Å². The first kappa shape index (κ1) is 18.7. The highest BCUT2D eigenvalue weighted by Crippen LogP contribution is 2.33. The topological polar surface area (TPSA) is 73.0 Å². The largest absolute Gasteiger partial charge is 0.440 e. The highest BCUT2D eigenvalue weighted by molar-refractivity contribution is 5.97. The summed E-state index contributed by atoms with van der Waals surface area (Å²) >= 11 is 0. The fourth-order valence-electron chi connectivity index (χ4n) is 4.04. The molecule has 1 aliphatic rings. The van der Waals surface area contributed by atoms with Crippen molar-refractivity contribution >= 4 is 17.0 Å². The molecule has 0 spiro atoms. The second-order valence-corrected chi connectivity index (χ2v) is 7.83. The molecular formula is C22H28N4O2. The molecule has 28 heavy (non-hydrogen) atoms. The number of carbonyl (C=O) groups is 1. The van der Waals surface area contributed by atoms with Gasteiger partial charge in [-0.15, -0.1) is 0 Å². The van der Waals surface area contributed by atoms with Crippen molar-refractivity contribution in [3.8, 4) is 0 Å². The van der Waals surface area contributed by atoms with Crippen LogP contribution in [0, 0.1) is 13.8 Å². The Labute approximate surface area is 165 Å². The molecule has 2 aromatic heterocycles. The maximum absolute atomic E-state index is 12.5. The molecule has 0 saturated heterocycles. The predicted octanol–water partition coefficient (Wildman–Crippen LogP) is 4.51. The van der Waals surface area contributed by atoms with Crippen LogP contribution in [-0.4, -0.2) is 27.2 Å². The van der Waals surface area contributed by atoms with Gasteiger partial charge in [-0.1, -0.05) is 19.3 Å². The van der Waals surface area contributed by atoms with Gasteiger partial charge in [0.2, 0.25) is 0 Å². The molecule has 0 unspecified atom stereocenters. The third-order valence-electron chi connectivity index (χ3n) is 5.56. The number of hydrogen-bond donors (Lipinski definition) is 1. The van der Waals surface area contributed by atoms with Crippen LogP contribution in [0.15, 0.2) is 28.7 Å². The summed E-state index contributed by atoms with van der Waals surface area (Å²) in [5.74, 6) is 1.18. The monoisotopic (exact) mass is 380 g/mol. The van der Waals surface area contributed by atoms with Crippen molar-refractivity contribution < 1.29 is 9.21 Å². The van der Waals surface area contributed by atoms with Crippen molar-refractivity contribution in [1.82, 2.24) is 20.1 Å². The molecule has 0 bridgehead atoms. The summed E-state index contributed by atoms with van der Waals surface area (Å²) in [7, 11) is 0. The maximum atomic E-state index is 12.5. The lowest BCUT2D eigenvalue weighted by molar-refractivity contribution is 0.0952. The number of nitrogens with zero attached hydrogens (tertiary/aromatic N) is 3. The van der Waals surface area contributed by atoms with E-state index in [-0.39, 0.29) is 5.91 Å². The molecule has 148 valence electrons. The maximum Gasteiger partial charge on any atom is 0.251 e. The Bertz CT molecular complexity index is 966. The number of aromatic nitrogens is 3. The van der Waals surface area contributed by atoms with Gasteiger partial charge < -0.3 is 9.73 Å². The molecule has 1 aliphatic carbocycles. The number of carbonyl (C=O) groups excluding carboxylic acids is 1. The zero-order valence-corrected chi connectivity index (χ0v) is 16.7. The Morgan fingerprint density at radius 3 is 2.79 bits per heavy atom. The van der Waals surface area contributed by atoms with Crippen molar-refractivity contribution in [2.75, 3.05) is 6.54 Å². The lowest BCUT2D eigenvalue weighted by atomic mass is 9.89. The summed E-state index contributed by atoms with van der Waals surface area (Å²) < 4.78 is 7.98. The van der Waals surface area contributed by atoms with Crippen LogP contribution in [-0.2, 0) is 6.54 Å². The highest BCUT2D eigenvalue weighted by Gasteiger charge is 2.21. The van der Waals surface area contributed by atoms with Gasteiger partial charge in [-0.25, -0.2) is 4.98 Å². The molecule has 6 heteroatoms. The molecule has 0 atom stereocenters. The minimum absolute atomic E-state index is 0.0779. The standard InChI is InChI=1S/C22H28N4O2/c1-15-13-16(2)26(25-15)12-6-11-23-21(27)18-9-10-19-20(14-18)28-22(24-19)17-7-4-3-5-8-17/h9-10,13-14,17H,3-8,11-12H2,1-2H3,(H,23,27). The summed E-state index contributed by atoms with van der Waals surface area (Å²) in [6.45, 7) is 5.45. The van der Waals surface area contributed by atoms with Gasteiger partial charge in [0.05, 0.1) is 5.69 Å². The van der Waals surface area contributed by atoms with E-state index in [0.29, 0.717) is 23.6 Å². The fraction of sp³-hybridized carbons (Fsp3) is 0.500. The Morgan fingerprint density at radius 2 is 2.04 bits per heavy atom. The minimum Gasteiger partial charge on any atom is -0.440 e. The average Bonchev–Trinajstić information content (AvgIpc) is 3.27. The van der Waals surface area contributed by atoms with E-state index in [1.54, 1.807) is 0 Å². The van der Waals surface area contributed by atoms with E-state index in [0.717, 1.165) is 48.6 Å². The molecule has 1 aromatic carbocycles. The van der Waals surface area contributed by atoms with Crippen molar-refractivity contribution in [2.45, 2.75) is 64.8 Å². The molecule has 1 fully saturated rings. The van der Waals surface area contributed by atoms with Gasteiger partial charge in [0, 0.05) is 30.3 Å². The SMILES string of the molecule is Cc1cc(C)n(CCCNC(=O)c2ccc3nc(C4CCCCC4)oc3c2)n1. The number of oxazole rings is 1. The van der Waals surface area contributed by atoms with E-state index in [4.69, 9.17) is 4.42 Å². The van der Waals surface area contributed by atoms with Gasteiger partial charge >= 0.3 is 0 Å². The third-order valence-corrected chi connectivity index (χ3v) is 5.56. The van der Waals surface area contributed by atoms with E-state index in [2.05, 4.69) is 21.5 Å². The normalized spacial score (nSPS) is 15.2. The van der Waals surface area contributed by atoms with Crippen LogP contribution in [0.1, 0.15) is 72.1 Å². The average molecular weight is 380 g/mol. The van der Waals surface area contributed by atoms with Crippen molar-refractivity contribution in [3.63, 3.8) is 0 Å². The van der Waals surface area contributed by atoms with Crippen LogP contribution in [0.2, 0.25) is 0 Å². The summed E-state index contributed by atoms with van der Waals surface area (Å²) in [6, 6.07) is 7.58. The number of fused-ring (bicyclic) bond motifs is 1. The van der Waals surface area contributed by atoms with E-state index in [1.807, 2.05) is 36.7 Å². The number of hydrogen-bond acceptors (Lipinski definition) is 4. The third kappa shape index (κ3) is 4.11. The first-order valence-corrected chi connectivity index (χ1v) is 10.3. The molecule has 1 N–H and O–H groups in total. The molecule has 0 radical (unpaired) electrons. The molecule has 1 saturated carbocycles. The lowest BCUT2D eigenvalue weighted by Crippen LogP contribution is -2.25. The molecule has 4 rings (SSSR count). The van der Waals surface area contributed by atoms with Gasteiger partial charge in [0.25, 0.3) is 5.91 Å². The van der Waals surface area contributed by atoms with Crippen LogP contribution in [0.5, 0.6) is 0 Å². The number of amides is 1. The van der Waals surface area contributed by atoms with Crippen molar-refractivity contribution in [2.24, 2.45) is 0 Å². The van der Waals surface area contributed by atoms with Crippen LogP contribution in [0.25, 0.3) is 11.1 Å². The Balaban J connectivity index is 1.35. The van der Waals surface area contributed by atoms with Gasteiger partial charge in [0.15, 0.2) is 11.5 Å². The van der Waals surface area contributed by atoms with E-state index in [9.17, 15) is 4.79 Å². The summed E-state index contributed by atoms with van der Waals surface area (Å²) in [5, 5.41) is 7.43. The van der Waals surface area contributed by atoms with Gasteiger partial charge in [-0.2, -0.15) is 5.10 Å². The quantitative estimate of drug-likeness (QED) is 0.639. The van der Waals surface area contributed by atoms with E-state index in [1.165, 1.54) is 19.3 Å². The van der Waals surface area contributed by atoms with Crippen LogP contribution in [0.3, 0.4) is 0 Å². The smallest absolute Gasteiger partial charge is 0.251 e. The Hall–Kier alpha value is -2.63. The van der Waals surface area contributed by atoms with Crippen LogP contribution in [0.4, 0.5) is 0 Å². The summed E-state index contributed by atoms with van der Waals surface area (Å²) in [4.78, 5) is 17.1. The minimum atomic E-state index is -0.0779. The van der Waals surface area contributed by atoms with E-state index < -0.39 is 0 Å². The Morgan fingerprint density at radius 1 is 1.21 bits per heavy atom. The molecule has 2 heterocycles. The molecule has 0 aliphatic heterocycles. The number of aryl methyl sites for hydroxylation is 3.